The average Bonchev–Trinajstić information content (AvgIpc) is 2.31. The highest BCUT2D eigenvalue weighted by molar-refractivity contribution is 8.93. The molecule has 0 heterocycles. The molecule has 0 amide bonds. The molecule has 0 nitrogen and oxygen atoms in total. The van der Waals surface area contributed by atoms with Gasteiger partial charge in [-0.2, -0.15) is 0 Å². The molecule has 0 radical (unpaired) electrons. The topological polar surface area (TPSA) is 0 Å². The molecular weight excluding hydrogens is 414 g/mol. The maximum Gasteiger partial charge on any atom is -0.0238 e. The van der Waals surface area contributed by atoms with Crippen LogP contribution in [0.5, 0.6) is 0 Å². The average molecular weight is 452 g/mol. The van der Waals surface area contributed by atoms with Crippen molar-refractivity contribution in [2.45, 2.75) is 90.9 Å². The minimum absolute atomic E-state index is 0. The van der Waals surface area contributed by atoms with E-state index in [1.165, 1.54) is 25.2 Å². The van der Waals surface area contributed by atoms with E-state index in [-0.39, 0.29) is 49.8 Å². The minimum Gasteiger partial charge on any atom is -0.114 e. The maximum absolute atomic E-state index is 2.48. The van der Waals surface area contributed by atoms with Gasteiger partial charge in [0, 0.05) is 0 Å². The van der Waals surface area contributed by atoms with Crippen molar-refractivity contribution in [3.63, 3.8) is 0 Å². The fraction of sp³-hybridized carbons (Fsp3) is 1.00. The summed E-state index contributed by atoms with van der Waals surface area (Å²) in [6.07, 6.45) is 5.78. The molecule has 0 aromatic heterocycles. The fourth-order valence-corrected chi connectivity index (χ4v) is 9.41. The number of hydrogen-bond donors (Lipinski definition) is 0. The lowest BCUT2D eigenvalue weighted by atomic mass is 10.4. The Morgan fingerprint density at radius 1 is 0.600 bits per heavy atom. The molecule has 0 N–H and O–H groups in total. The third-order valence-corrected chi connectivity index (χ3v) is 11.7. The van der Waals surface area contributed by atoms with Crippen LogP contribution >= 0.6 is 49.8 Å². The van der Waals surface area contributed by atoms with Gasteiger partial charge in [0.05, 0.1) is 0 Å². The normalized spacial score (nSPS) is 17.1. The van der Waals surface area contributed by atoms with Crippen LogP contribution in [0.2, 0.25) is 0 Å². The van der Waals surface area contributed by atoms with Crippen molar-refractivity contribution in [3.05, 3.63) is 0 Å². The zero-order valence-corrected chi connectivity index (χ0v) is 20.1. The molecule has 126 valence electrons. The first-order valence-corrected chi connectivity index (χ1v) is 11.2. The summed E-state index contributed by atoms with van der Waals surface area (Å²) in [5.41, 5.74) is 3.74. The Labute approximate surface area is 152 Å². The maximum atomic E-state index is 2.48. The summed E-state index contributed by atoms with van der Waals surface area (Å²) >= 11 is 0. The van der Waals surface area contributed by atoms with E-state index in [4.69, 9.17) is 0 Å². The van der Waals surface area contributed by atoms with Crippen molar-refractivity contribution in [3.8, 4) is 0 Å². The third-order valence-electron chi connectivity index (χ3n) is 4.26. The summed E-state index contributed by atoms with van der Waals surface area (Å²) in [6.45, 7) is 19.5. The van der Waals surface area contributed by atoms with Crippen LogP contribution in [-0.2, 0) is 0 Å². The van der Waals surface area contributed by atoms with E-state index in [0.717, 1.165) is 22.6 Å². The van der Waals surface area contributed by atoms with E-state index in [1.807, 2.05) is 0 Å². The predicted octanol–water partition coefficient (Wildman–Crippen LogP) is 7.52. The van der Waals surface area contributed by atoms with Gasteiger partial charge >= 0.3 is 0 Å². The van der Waals surface area contributed by atoms with Crippen LogP contribution in [0.15, 0.2) is 0 Å². The van der Waals surface area contributed by atoms with Gasteiger partial charge in [-0.15, -0.1) is 49.8 Å². The zero-order valence-electron chi connectivity index (χ0n) is 14.8. The van der Waals surface area contributed by atoms with Crippen molar-refractivity contribution in [2.24, 2.45) is 0 Å². The Morgan fingerprint density at radius 3 is 1.00 bits per heavy atom. The highest BCUT2D eigenvalue weighted by Gasteiger charge is 2.23. The van der Waals surface area contributed by atoms with Crippen LogP contribution in [0.3, 0.4) is 0 Å². The van der Waals surface area contributed by atoms with Gasteiger partial charge in [0.1, 0.15) is 0 Å². The highest BCUT2D eigenvalue weighted by atomic mass is 79.9. The van der Waals surface area contributed by atoms with E-state index in [0.29, 0.717) is 0 Å². The third kappa shape index (κ3) is 9.76. The van der Waals surface area contributed by atoms with E-state index < -0.39 is 0 Å². The van der Waals surface area contributed by atoms with Crippen LogP contribution in [-0.4, -0.2) is 35.0 Å². The molecule has 4 atom stereocenters. The number of hydrogen-bond acceptors (Lipinski definition) is 0. The molecule has 4 heteroatoms. The summed E-state index contributed by atoms with van der Waals surface area (Å²) in [6, 6.07) is 0. The summed E-state index contributed by atoms with van der Waals surface area (Å²) < 4.78 is 0. The molecule has 20 heavy (non-hydrogen) atoms. The lowest BCUT2D eigenvalue weighted by Gasteiger charge is -2.33. The molecule has 0 bridgehead atoms. The van der Waals surface area contributed by atoms with Crippen LogP contribution in [0.1, 0.15) is 68.2 Å². The van der Waals surface area contributed by atoms with E-state index in [9.17, 15) is 0 Å². The Hall–Kier alpha value is 1.82. The quantitative estimate of drug-likeness (QED) is 0.318. The summed E-state index contributed by atoms with van der Waals surface area (Å²) in [5, 5.41) is 0. The van der Waals surface area contributed by atoms with Gasteiger partial charge in [0.15, 0.2) is 0 Å². The van der Waals surface area contributed by atoms with Crippen molar-refractivity contribution in [1.82, 2.24) is 0 Å². The molecule has 0 aromatic rings. The smallest absolute Gasteiger partial charge is 0.0238 e. The SMILES string of the molecule is Br.Br.CCC(C)P(CCP(C(C)C)C(C)CC)C(C)C. The minimum atomic E-state index is 0. The molecule has 0 fully saturated rings. The highest BCUT2D eigenvalue weighted by Crippen LogP contribution is 2.53. The van der Waals surface area contributed by atoms with Crippen molar-refractivity contribution >= 4 is 49.8 Å². The van der Waals surface area contributed by atoms with Gasteiger partial charge in [-0.25, -0.2) is 0 Å². The first-order valence-electron chi connectivity index (χ1n) is 7.86. The monoisotopic (exact) mass is 450 g/mol. The first kappa shape index (κ1) is 26.7. The zero-order chi connectivity index (χ0) is 14.3. The lowest BCUT2D eigenvalue weighted by molar-refractivity contribution is 0.862. The Balaban J connectivity index is -0.00000144. The fourth-order valence-electron chi connectivity index (χ4n) is 2.68. The summed E-state index contributed by atoms with van der Waals surface area (Å²) in [7, 11) is 0.496. The van der Waals surface area contributed by atoms with Crippen LogP contribution in [0.4, 0.5) is 0 Å². The van der Waals surface area contributed by atoms with Crippen molar-refractivity contribution < 1.29 is 0 Å². The molecular formula is C16H38Br2P2. The Morgan fingerprint density at radius 2 is 0.850 bits per heavy atom. The van der Waals surface area contributed by atoms with E-state index >= 15 is 0 Å². The first-order chi connectivity index (χ1) is 8.34. The van der Waals surface area contributed by atoms with Gasteiger partial charge in [-0.05, 0) is 47.8 Å². The van der Waals surface area contributed by atoms with Gasteiger partial charge in [-0.3, -0.25) is 0 Å². The van der Waals surface area contributed by atoms with Crippen molar-refractivity contribution in [1.29, 1.82) is 0 Å². The second-order valence-electron chi connectivity index (χ2n) is 6.18. The summed E-state index contributed by atoms with van der Waals surface area (Å²) in [4.78, 5) is 0. The molecule has 0 aromatic carbocycles. The Kier molecular flexibility index (Phi) is 19.2. The standard InChI is InChI=1S/C16H36P2.2BrH/c1-9-15(7)17(13(3)4)11-12-18(14(5)6)16(8)10-2;;/h13-16H,9-12H2,1-8H3;2*1H. The second-order valence-corrected chi connectivity index (χ2v) is 13.0. The van der Waals surface area contributed by atoms with Gasteiger partial charge in [0.2, 0.25) is 0 Å². The van der Waals surface area contributed by atoms with E-state index in [1.54, 1.807) is 0 Å². The van der Waals surface area contributed by atoms with Gasteiger partial charge < -0.3 is 0 Å². The van der Waals surface area contributed by atoms with Gasteiger partial charge in [0.25, 0.3) is 0 Å². The number of halogens is 2. The molecule has 0 aliphatic heterocycles. The molecule has 0 rings (SSSR count). The largest absolute Gasteiger partial charge is 0.114 e. The number of rotatable bonds is 9. The van der Waals surface area contributed by atoms with Crippen LogP contribution < -0.4 is 0 Å². The van der Waals surface area contributed by atoms with E-state index in [2.05, 4.69) is 55.4 Å². The van der Waals surface area contributed by atoms with Gasteiger partial charge in [-0.1, -0.05) is 55.4 Å². The molecule has 0 saturated heterocycles. The molecule has 0 spiro atoms. The van der Waals surface area contributed by atoms with Crippen LogP contribution in [0.25, 0.3) is 0 Å². The molecule has 0 aliphatic rings. The molecule has 4 unspecified atom stereocenters. The lowest BCUT2D eigenvalue weighted by Crippen LogP contribution is -2.15. The molecule has 0 saturated carbocycles. The van der Waals surface area contributed by atoms with Crippen LogP contribution in [0, 0.1) is 0 Å². The second kappa shape index (κ2) is 14.4. The Bertz CT molecular complexity index is 189. The van der Waals surface area contributed by atoms with Crippen molar-refractivity contribution in [2.75, 3.05) is 12.3 Å². The predicted molar refractivity (Wildman–Crippen MR) is 114 cm³/mol. The molecule has 0 aliphatic carbocycles. The summed E-state index contributed by atoms with van der Waals surface area (Å²) in [5.74, 6) is 0.